The van der Waals surface area contributed by atoms with E-state index in [0.29, 0.717) is 6.07 Å². The van der Waals surface area contributed by atoms with E-state index >= 15 is 0 Å². The van der Waals surface area contributed by atoms with Gasteiger partial charge in [-0.1, -0.05) is 0 Å². The van der Waals surface area contributed by atoms with Crippen LogP contribution in [0.3, 0.4) is 0 Å². The van der Waals surface area contributed by atoms with E-state index in [9.17, 15) is 17.2 Å². The molecule has 1 aromatic carbocycles. The normalized spacial score (nSPS) is 11.3. The zero-order valence-corrected chi connectivity index (χ0v) is 12.2. The van der Waals surface area contributed by atoms with Gasteiger partial charge in [-0.2, -0.15) is 0 Å². The van der Waals surface area contributed by atoms with Crippen LogP contribution in [0.15, 0.2) is 39.8 Å². The molecular formula is C11H8BrF2N3O2S. The van der Waals surface area contributed by atoms with Gasteiger partial charge in [-0.25, -0.2) is 22.2 Å². The van der Waals surface area contributed by atoms with Crippen LogP contribution in [-0.2, 0) is 10.0 Å². The maximum Gasteiger partial charge on any atom is 0.265 e. The molecule has 5 nitrogen and oxygen atoms in total. The molecule has 0 aliphatic carbocycles. The second kappa shape index (κ2) is 5.33. The van der Waals surface area contributed by atoms with Gasteiger partial charge in [0.2, 0.25) is 0 Å². The summed E-state index contributed by atoms with van der Waals surface area (Å²) in [6.45, 7) is 0. The average molecular weight is 364 g/mol. The van der Waals surface area contributed by atoms with Crippen molar-refractivity contribution >= 4 is 37.5 Å². The highest BCUT2D eigenvalue weighted by molar-refractivity contribution is 9.10. The maximum absolute atomic E-state index is 13.5. The molecular weight excluding hydrogens is 356 g/mol. The number of sulfonamides is 1. The lowest BCUT2D eigenvalue weighted by molar-refractivity contribution is 0.579. The topological polar surface area (TPSA) is 85.1 Å². The van der Waals surface area contributed by atoms with Crippen LogP contribution in [0.2, 0.25) is 0 Å². The molecule has 0 radical (unpaired) electrons. The van der Waals surface area contributed by atoms with Crippen LogP contribution in [0.4, 0.5) is 20.3 Å². The predicted molar refractivity (Wildman–Crippen MR) is 73.5 cm³/mol. The quantitative estimate of drug-likeness (QED) is 0.820. The second-order valence-electron chi connectivity index (χ2n) is 3.74. The Balaban J connectivity index is 2.44. The Hall–Kier alpha value is -1.74. The van der Waals surface area contributed by atoms with E-state index in [2.05, 4.69) is 20.9 Å². The molecule has 106 valence electrons. The number of pyridine rings is 1. The Morgan fingerprint density at radius 1 is 1.25 bits per heavy atom. The number of nitrogens with one attached hydrogen (secondary N) is 1. The standard InChI is InChI=1S/C11H8BrF2N3O2S/c12-6-4-9(8(14)5-7(6)13)17-20(18,19)10-2-1-3-16-11(10)15/h1-5,17H,(H2,15,16). The van der Waals surface area contributed by atoms with Crippen molar-refractivity contribution in [1.29, 1.82) is 0 Å². The van der Waals surface area contributed by atoms with Crippen LogP contribution in [0.1, 0.15) is 0 Å². The molecule has 0 saturated heterocycles. The molecule has 9 heteroatoms. The minimum absolute atomic E-state index is 0.0734. The molecule has 0 aliphatic heterocycles. The predicted octanol–water partition coefficient (Wildman–Crippen LogP) is 2.51. The molecule has 0 spiro atoms. The zero-order chi connectivity index (χ0) is 14.9. The first-order valence-corrected chi connectivity index (χ1v) is 7.47. The number of nitrogen functional groups attached to an aromatic ring is 1. The van der Waals surface area contributed by atoms with E-state index in [1.807, 2.05) is 4.72 Å². The molecule has 20 heavy (non-hydrogen) atoms. The van der Waals surface area contributed by atoms with Gasteiger partial charge in [-0.15, -0.1) is 0 Å². The van der Waals surface area contributed by atoms with E-state index in [-0.39, 0.29) is 15.2 Å². The summed E-state index contributed by atoms with van der Waals surface area (Å²) in [7, 11) is -4.12. The Bertz CT molecular complexity index is 768. The fourth-order valence-electron chi connectivity index (χ4n) is 1.43. The van der Waals surface area contributed by atoms with Crippen molar-refractivity contribution in [3.63, 3.8) is 0 Å². The van der Waals surface area contributed by atoms with Gasteiger partial charge >= 0.3 is 0 Å². The van der Waals surface area contributed by atoms with Crippen molar-refractivity contribution in [3.8, 4) is 0 Å². The van der Waals surface area contributed by atoms with Crippen LogP contribution < -0.4 is 10.5 Å². The van der Waals surface area contributed by atoms with Gasteiger partial charge in [0.25, 0.3) is 10.0 Å². The van der Waals surface area contributed by atoms with E-state index in [0.717, 1.165) is 6.07 Å². The summed E-state index contributed by atoms with van der Waals surface area (Å²) < 4.78 is 52.7. The van der Waals surface area contributed by atoms with Gasteiger partial charge in [0, 0.05) is 12.3 Å². The fraction of sp³-hybridized carbons (Fsp3) is 0. The number of rotatable bonds is 3. The second-order valence-corrected chi connectivity index (χ2v) is 6.24. The van der Waals surface area contributed by atoms with Crippen molar-refractivity contribution in [1.82, 2.24) is 4.98 Å². The molecule has 2 aromatic rings. The van der Waals surface area contributed by atoms with Crippen molar-refractivity contribution in [2.75, 3.05) is 10.5 Å². The summed E-state index contributed by atoms with van der Waals surface area (Å²) in [5.74, 6) is -2.11. The van der Waals surface area contributed by atoms with Crippen molar-refractivity contribution in [2.24, 2.45) is 0 Å². The molecule has 0 amide bonds. The summed E-state index contributed by atoms with van der Waals surface area (Å²) in [6.07, 6.45) is 1.32. The van der Waals surface area contributed by atoms with Crippen LogP contribution >= 0.6 is 15.9 Å². The molecule has 0 aliphatic rings. The van der Waals surface area contributed by atoms with E-state index in [4.69, 9.17) is 5.73 Å². The lowest BCUT2D eigenvalue weighted by atomic mass is 10.3. The number of nitrogens with two attached hydrogens (primary N) is 1. The highest BCUT2D eigenvalue weighted by atomic mass is 79.9. The summed E-state index contributed by atoms with van der Waals surface area (Å²) >= 11 is 2.84. The highest BCUT2D eigenvalue weighted by Crippen LogP contribution is 2.26. The molecule has 0 fully saturated rings. The molecule has 0 atom stereocenters. The molecule has 1 heterocycles. The number of benzene rings is 1. The number of aromatic nitrogens is 1. The minimum atomic E-state index is -4.12. The van der Waals surface area contributed by atoms with Gasteiger partial charge in [-0.05, 0) is 34.1 Å². The van der Waals surface area contributed by atoms with Gasteiger partial charge < -0.3 is 5.73 Å². The largest absolute Gasteiger partial charge is 0.383 e. The first-order valence-electron chi connectivity index (χ1n) is 5.19. The molecule has 2 rings (SSSR count). The highest BCUT2D eigenvalue weighted by Gasteiger charge is 2.20. The first kappa shape index (κ1) is 14.7. The third-order valence-corrected chi connectivity index (χ3v) is 4.36. The van der Waals surface area contributed by atoms with Gasteiger partial charge in [0.05, 0.1) is 10.2 Å². The molecule has 0 bridgehead atoms. The summed E-state index contributed by atoms with van der Waals surface area (Å²) in [5.41, 5.74) is 5.06. The molecule has 0 unspecified atom stereocenters. The lowest BCUT2D eigenvalue weighted by Crippen LogP contribution is -2.16. The number of hydrogen-bond acceptors (Lipinski definition) is 4. The third kappa shape index (κ3) is 2.88. The van der Waals surface area contributed by atoms with Crippen LogP contribution in [-0.4, -0.2) is 13.4 Å². The number of nitrogens with zero attached hydrogens (tertiary/aromatic N) is 1. The maximum atomic E-state index is 13.5. The van der Waals surface area contributed by atoms with Gasteiger partial charge in [0.1, 0.15) is 22.3 Å². The molecule has 3 N–H and O–H groups in total. The number of halogens is 3. The van der Waals surface area contributed by atoms with Crippen molar-refractivity contribution in [3.05, 3.63) is 46.6 Å². The fourth-order valence-corrected chi connectivity index (χ4v) is 2.92. The van der Waals surface area contributed by atoms with Crippen molar-refractivity contribution < 1.29 is 17.2 Å². The Morgan fingerprint density at radius 2 is 1.95 bits per heavy atom. The average Bonchev–Trinajstić information content (AvgIpc) is 2.36. The van der Waals surface area contributed by atoms with E-state index in [1.165, 1.54) is 18.3 Å². The van der Waals surface area contributed by atoms with Crippen molar-refractivity contribution in [2.45, 2.75) is 4.90 Å². The van der Waals surface area contributed by atoms with Crippen LogP contribution in [0.5, 0.6) is 0 Å². The first-order chi connectivity index (χ1) is 9.31. The Morgan fingerprint density at radius 3 is 2.60 bits per heavy atom. The van der Waals surface area contributed by atoms with Gasteiger partial charge in [0.15, 0.2) is 0 Å². The summed E-state index contributed by atoms with van der Waals surface area (Å²) in [5, 5.41) is 0. The number of hydrogen-bond donors (Lipinski definition) is 2. The summed E-state index contributed by atoms with van der Waals surface area (Å²) in [6, 6.07) is 4.15. The third-order valence-electron chi connectivity index (χ3n) is 2.34. The lowest BCUT2D eigenvalue weighted by Gasteiger charge is -2.10. The van der Waals surface area contributed by atoms with Gasteiger partial charge in [-0.3, -0.25) is 4.72 Å². The molecule has 0 saturated carbocycles. The summed E-state index contributed by atoms with van der Waals surface area (Å²) in [4.78, 5) is 3.34. The Labute approximate surface area is 122 Å². The number of anilines is 2. The van der Waals surface area contributed by atoms with Crippen LogP contribution in [0, 0.1) is 11.6 Å². The monoisotopic (exact) mass is 363 g/mol. The zero-order valence-electron chi connectivity index (χ0n) is 9.77. The smallest absolute Gasteiger partial charge is 0.265 e. The molecule has 1 aromatic heterocycles. The Kier molecular flexibility index (Phi) is 3.91. The SMILES string of the molecule is Nc1ncccc1S(=O)(=O)Nc1cc(Br)c(F)cc1F. The van der Waals surface area contributed by atoms with E-state index in [1.54, 1.807) is 0 Å². The minimum Gasteiger partial charge on any atom is -0.383 e. The van der Waals surface area contributed by atoms with E-state index < -0.39 is 27.3 Å². The van der Waals surface area contributed by atoms with Crippen LogP contribution in [0.25, 0.3) is 0 Å².